The number of aryl methyl sites for hydroxylation is 2. The van der Waals surface area contributed by atoms with Crippen molar-refractivity contribution in [2.24, 2.45) is 0 Å². The van der Waals surface area contributed by atoms with E-state index in [1.165, 1.54) is 83.1 Å². The minimum absolute atomic E-state index is 0. The van der Waals surface area contributed by atoms with Crippen LogP contribution in [0.4, 0.5) is 0 Å². The average Bonchev–Trinajstić information content (AvgIpc) is 3.80. The van der Waals surface area contributed by atoms with E-state index in [0.717, 1.165) is 27.6 Å². The molecule has 0 N–H and O–H groups in total. The zero-order chi connectivity index (χ0) is 33.5. The van der Waals surface area contributed by atoms with Crippen LogP contribution in [0.1, 0.15) is 33.4 Å². The molecule has 0 saturated carbocycles. The van der Waals surface area contributed by atoms with Gasteiger partial charge in [0.2, 0.25) is 0 Å². The molecule has 0 atom stereocenters. The summed E-state index contributed by atoms with van der Waals surface area (Å²) < 4.78 is 1.26. The van der Waals surface area contributed by atoms with Gasteiger partial charge in [0.25, 0.3) is 0 Å². The maximum Gasteiger partial charge on any atom is -0.172 e. The van der Waals surface area contributed by atoms with Crippen molar-refractivity contribution in [3.8, 4) is 33.4 Å². The van der Waals surface area contributed by atoms with Crippen LogP contribution in [0.5, 0.6) is 0 Å². The molecule has 0 aromatic heterocycles. The van der Waals surface area contributed by atoms with E-state index in [-0.39, 0.29) is 24.8 Å². The molecule has 0 nitrogen and oxygen atoms in total. The van der Waals surface area contributed by atoms with Crippen molar-refractivity contribution < 1.29 is 49.0 Å². The second-order valence-electron chi connectivity index (χ2n) is 11.8. The van der Waals surface area contributed by atoms with Gasteiger partial charge in [0.1, 0.15) is 0 Å². The number of hydrogen-bond acceptors (Lipinski definition) is 0. The first-order valence-corrected chi connectivity index (χ1v) is 17.9. The Labute approximate surface area is 333 Å². The Bertz CT molecular complexity index is 2030. The fourth-order valence-corrected chi connectivity index (χ4v) is 7.14. The van der Waals surface area contributed by atoms with Crippen molar-refractivity contribution in [3.63, 3.8) is 0 Å². The monoisotopic (exact) mass is 804 g/mol. The summed E-state index contributed by atoms with van der Waals surface area (Å²) in [5.74, 6) is 0. The quantitative estimate of drug-likeness (QED) is 0.178. The molecule has 8 rings (SSSR count). The summed E-state index contributed by atoms with van der Waals surface area (Å²) in [7, 11) is 0. The van der Waals surface area contributed by atoms with Crippen LogP contribution in [-0.4, -0.2) is 3.21 Å². The summed E-state index contributed by atoms with van der Waals surface area (Å²) in [5.41, 5.74) is 15.4. The third kappa shape index (κ3) is 9.67. The summed E-state index contributed by atoms with van der Waals surface area (Å²) >= 11 is 13.3. The van der Waals surface area contributed by atoms with E-state index < -0.39 is 0 Å². The van der Waals surface area contributed by atoms with Crippen molar-refractivity contribution in [1.82, 2.24) is 0 Å². The molecular formula is C45H34Cl4Zr-2. The molecule has 0 saturated heterocycles. The first-order chi connectivity index (χ1) is 23.4. The topological polar surface area (TPSA) is 0 Å². The largest absolute Gasteiger partial charge is 1.00 e. The second kappa shape index (κ2) is 18.7. The van der Waals surface area contributed by atoms with Gasteiger partial charge in [-0.25, -0.2) is 12.1 Å². The Morgan fingerprint density at radius 2 is 1.14 bits per heavy atom. The minimum Gasteiger partial charge on any atom is -1.00 e. The van der Waals surface area contributed by atoms with E-state index in [0.29, 0.717) is 0 Å². The molecule has 0 amide bonds. The fraction of sp³-hybridized carbons (Fsp3) is 0.0667. The number of halogens is 4. The van der Waals surface area contributed by atoms with Gasteiger partial charge in [0.15, 0.2) is 0 Å². The third-order valence-electron chi connectivity index (χ3n) is 8.46. The Morgan fingerprint density at radius 3 is 1.68 bits per heavy atom. The first-order valence-electron chi connectivity index (χ1n) is 15.9. The maximum absolute atomic E-state index is 5.98. The predicted octanol–water partition coefficient (Wildman–Crippen LogP) is 6.53. The Kier molecular flexibility index (Phi) is 14.7. The van der Waals surface area contributed by atoms with Crippen LogP contribution in [0, 0.1) is 19.9 Å². The molecule has 0 radical (unpaired) electrons. The van der Waals surface area contributed by atoms with Crippen LogP contribution < -0.4 is 24.8 Å². The van der Waals surface area contributed by atoms with Crippen molar-refractivity contribution >= 4 is 26.4 Å². The Hall–Kier alpha value is -3.42. The van der Waals surface area contributed by atoms with Gasteiger partial charge < -0.3 is 24.8 Å². The molecule has 5 heteroatoms. The molecule has 1 aliphatic carbocycles. The molecule has 7 aromatic rings. The molecule has 0 unspecified atom stereocenters. The Balaban J connectivity index is 0.000000208. The van der Waals surface area contributed by atoms with Gasteiger partial charge in [0.05, 0.1) is 0 Å². The summed E-state index contributed by atoms with van der Waals surface area (Å²) in [6.07, 6.45) is 0.962. The van der Waals surface area contributed by atoms with Gasteiger partial charge in [-0.05, 0) is 42.5 Å². The summed E-state index contributed by atoms with van der Waals surface area (Å²) in [6, 6.07) is 58.0. The maximum atomic E-state index is 5.98. The summed E-state index contributed by atoms with van der Waals surface area (Å²) in [6.45, 7) is 4.35. The van der Waals surface area contributed by atoms with Crippen LogP contribution in [0.3, 0.4) is 0 Å². The number of rotatable bonds is 4. The Morgan fingerprint density at radius 1 is 0.580 bits per heavy atom. The SMILES string of the molecule is Cc1ccccc1-c1[c-]c2c(cc1)-c1ccc(-c3ccccc3C)cc1C2.Clc1cccc([C](=[Zr+2])c2cccc(Cl)c2)c1.[Cl-].[Cl-].c1cc[cH-]c1. The molecule has 7 aromatic carbocycles. The molecule has 0 fully saturated rings. The van der Waals surface area contributed by atoms with Crippen LogP contribution >= 0.6 is 23.2 Å². The van der Waals surface area contributed by atoms with Crippen LogP contribution in [0.15, 0.2) is 158 Å². The zero-order valence-corrected chi connectivity index (χ0v) is 33.2. The van der Waals surface area contributed by atoms with Crippen LogP contribution in [0.2, 0.25) is 10.0 Å². The predicted molar refractivity (Wildman–Crippen MR) is 202 cm³/mol. The van der Waals surface area contributed by atoms with E-state index in [1.807, 2.05) is 66.7 Å². The summed E-state index contributed by atoms with van der Waals surface area (Å²) in [5, 5.41) is 1.53. The minimum atomic E-state index is 0. The van der Waals surface area contributed by atoms with Gasteiger partial charge >= 0.3 is 120 Å². The van der Waals surface area contributed by atoms with E-state index in [4.69, 9.17) is 23.2 Å². The number of hydrogen-bond donors (Lipinski definition) is 0. The van der Waals surface area contributed by atoms with Crippen LogP contribution in [0.25, 0.3) is 33.4 Å². The van der Waals surface area contributed by atoms with E-state index >= 15 is 0 Å². The van der Waals surface area contributed by atoms with Gasteiger partial charge in [-0.15, -0.1) is 29.3 Å². The molecule has 50 heavy (non-hydrogen) atoms. The van der Waals surface area contributed by atoms with Gasteiger partial charge in [-0.1, -0.05) is 89.0 Å². The van der Waals surface area contributed by atoms with Gasteiger partial charge in [-0.2, -0.15) is 18.2 Å². The van der Waals surface area contributed by atoms with Crippen molar-refractivity contribution in [2.75, 3.05) is 0 Å². The van der Waals surface area contributed by atoms with Crippen molar-refractivity contribution in [3.05, 3.63) is 207 Å². The van der Waals surface area contributed by atoms with Crippen molar-refractivity contribution in [1.29, 1.82) is 0 Å². The molecule has 0 aliphatic heterocycles. The average molecular weight is 808 g/mol. The second-order valence-corrected chi connectivity index (χ2v) is 13.9. The van der Waals surface area contributed by atoms with Crippen LogP contribution in [-0.2, 0) is 30.7 Å². The summed E-state index contributed by atoms with van der Waals surface area (Å²) in [4.78, 5) is 0. The molecule has 0 heterocycles. The standard InChI is InChI=1S/C27H21.C13H8Cl2.C5H5.2ClH.Zr/c1-18-7-3-5-9-24(18)20-11-13-26-22(15-20)17-23-16-21(12-14-27(23)26)25-10-6-4-8-19(25)2;14-12-5-1-3-10(8-12)7-11-4-2-6-13(15)9-11;1-2-4-5-3-1;;;/h3-15H,17H2,1-2H3;1-6,8-9H;1-5H;2*1H;/q-1;;-1;;;+2/p-2. The number of benzene rings is 6. The van der Waals surface area contributed by atoms with E-state index in [9.17, 15) is 0 Å². The first kappa shape index (κ1) is 39.4. The van der Waals surface area contributed by atoms with Gasteiger partial charge in [-0.3, -0.25) is 0 Å². The molecular weight excluding hydrogens is 774 g/mol. The third-order valence-corrected chi connectivity index (χ3v) is 10.4. The fourth-order valence-electron chi connectivity index (χ4n) is 6.00. The smallest absolute Gasteiger partial charge is 0.172 e. The molecule has 248 valence electrons. The molecule has 0 spiro atoms. The zero-order valence-electron chi connectivity index (χ0n) is 27.7. The normalized spacial score (nSPS) is 10.5. The van der Waals surface area contributed by atoms with E-state index in [2.05, 4.69) is 111 Å². The van der Waals surface area contributed by atoms with E-state index in [1.54, 1.807) is 0 Å². The van der Waals surface area contributed by atoms with Crippen molar-refractivity contribution in [2.45, 2.75) is 20.3 Å². The van der Waals surface area contributed by atoms with Gasteiger partial charge in [0, 0.05) is 0 Å². The molecule has 0 bridgehead atoms. The number of fused-ring (bicyclic) bond motifs is 3. The molecule has 1 aliphatic rings.